The Kier molecular flexibility index (Phi) is 5.04. The normalized spacial score (nSPS) is 19.9. The molecule has 0 aliphatic heterocycles. The van der Waals surface area contributed by atoms with Gasteiger partial charge in [0.1, 0.15) is 0 Å². The van der Waals surface area contributed by atoms with Crippen molar-refractivity contribution in [2.45, 2.75) is 25.0 Å². The van der Waals surface area contributed by atoms with Gasteiger partial charge in [0.25, 0.3) is 0 Å². The van der Waals surface area contributed by atoms with Gasteiger partial charge in [-0.05, 0) is 36.1 Å². The van der Waals surface area contributed by atoms with Gasteiger partial charge in [0, 0.05) is 29.2 Å². The minimum absolute atomic E-state index is 0.265. The Balaban J connectivity index is 2.03. The summed E-state index contributed by atoms with van der Waals surface area (Å²) in [7, 11) is 1.59. The lowest BCUT2D eigenvalue weighted by Crippen LogP contribution is -2.32. The van der Waals surface area contributed by atoms with E-state index in [0.717, 1.165) is 22.3 Å². The Hall–Kier alpha value is -0.130. The van der Waals surface area contributed by atoms with Gasteiger partial charge in [0.2, 0.25) is 0 Å². The highest BCUT2D eigenvalue weighted by Gasteiger charge is 2.24. The number of nitrogens with one attached hydrogen (secondary N) is 1. The number of methoxy groups -OCH3 is 1. The maximum atomic E-state index is 9.64. The number of aliphatic hydroxyl groups excluding tert-OH is 1. The molecule has 0 bridgehead atoms. The van der Waals surface area contributed by atoms with E-state index in [-0.39, 0.29) is 6.04 Å². The first-order chi connectivity index (χ1) is 8.61. The molecule has 100 valence electrons. The van der Waals surface area contributed by atoms with Crippen LogP contribution in [0.4, 0.5) is 0 Å². The minimum atomic E-state index is -0.471. The van der Waals surface area contributed by atoms with Crippen LogP contribution in [0.3, 0.4) is 0 Å². The summed E-state index contributed by atoms with van der Waals surface area (Å²) in [4.78, 5) is 0. The Labute approximate surface area is 121 Å². The summed E-state index contributed by atoms with van der Waals surface area (Å²) >= 11 is 9.63. The second kappa shape index (κ2) is 6.35. The largest absolute Gasteiger partial charge is 0.389 e. The van der Waals surface area contributed by atoms with E-state index in [1.165, 1.54) is 11.1 Å². The monoisotopic (exact) mass is 333 g/mol. The zero-order valence-electron chi connectivity index (χ0n) is 10.2. The van der Waals surface area contributed by atoms with Gasteiger partial charge in [-0.1, -0.05) is 27.5 Å². The van der Waals surface area contributed by atoms with E-state index >= 15 is 0 Å². The quantitative estimate of drug-likeness (QED) is 0.870. The van der Waals surface area contributed by atoms with Crippen molar-refractivity contribution in [3.63, 3.8) is 0 Å². The summed E-state index contributed by atoms with van der Waals surface area (Å²) < 4.78 is 5.98. The van der Waals surface area contributed by atoms with Crippen molar-refractivity contribution in [2.24, 2.45) is 0 Å². The summed E-state index contributed by atoms with van der Waals surface area (Å²) in [5.74, 6) is 0. The SMILES string of the molecule is COCC(O)CNC1CCc2c(Br)cc(Cl)cc21. The van der Waals surface area contributed by atoms with Crippen LogP contribution < -0.4 is 5.32 Å². The van der Waals surface area contributed by atoms with Crippen molar-refractivity contribution in [3.05, 3.63) is 32.8 Å². The zero-order valence-corrected chi connectivity index (χ0v) is 12.6. The molecular weight excluding hydrogens is 318 g/mol. The van der Waals surface area contributed by atoms with Crippen LogP contribution >= 0.6 is 27.5 Å². The van der Waals surface area contributed by atoms with Crippen LogP contribution in [-0.2, 0) is 11.2 Å². The zero-order chi connectivity index (χ0) is 13.1. The lowest BCUT2D eigenvalue weighted by atomic mass is 10.1. The molecule has 5 heteroatoms. The van der Waals surface area contributed by atoms with Crippen LogP contribution in [0, 0.1) is 0 Å². The van der Waals surface area contributed by atoms with Gasteiger partial charge in [-0.25, -0.2) is 0 Å². The highest BCUT2D eigenvalue weighted by molar-refractivity contribution is 9.10. The lowest BCUT2D eigenvalue weighted by molar-refractivity contribution is 0.0627. The fourth-order valence-electron chi connectivity index (χ4n) is 2.38. The third-order valence-corrected chi connectivity index (χ3v) is 4.14. The second-order valence-electron chi connectivity index (χ2n) is 4.56. The molecule has 0 aromatic heterocycles. The fraction of sp³-hybridized carbons (Fsp3) is 0.538. The topological polar surface area (TPSA) is 41.5 Å². The van der Waals surface area contributed by atoms with E-state index < -0.39 is 6.10 Å². The first-order valence-electron chi connectivity index (χ1n) is 6.00. The summed E-state index contributed by atoms with van der Waals surface area (Å²) in [6.07, 6.45) is 1.60. The molecule has 1 aliphatic rings. The molecule has 1 aromatic carbocycles. The van der Waals surface area contributed by atoms with Gasteiger partial charge < -0.3 is 15.2 Å². The number of halogens is 2. The summed E-state index contributed by atoms with van der Waals surface area (Å²) in [6.45, 7) is 0.883. The molecule has 3 nitrogen and oxygen atoms in total. The number of benzene rings is 1. The van der Waals surface area contributed by atoms with E-state index in [9.17, 15) is 5.11 Å². The predicted molar refractivity (Wildman–Crippen MR) is 76.1 cm³/mol. The molecular formula is C13H17BrClNO2. The van der Waals surface area contributed by atoms with E-state index in [1.54, 1.807) is 7.11 Å². The third kappa shape index (κ3) is 3.25. The Morgan fingerprint density at radius 1 is 1.61 bits per heavy atom. The van der Waals surface area contributed by atoms with Gasteiger partial charge in [-0.15, -0.1) is 0 Å². The van der Waals surface area contributed by atoms with Crippen LogP contribution in [-0.4, -0.2) is 31.5 Å². The van der Waals surface area contributed by atoms with Crippen molar-refractivity contribution in [2.75, 3.05) is 20.3 Å². The fourth-order valence-corrected chi connectivity index (χ4v) is 3.42. The first-order valence-corrected chi connectivity index (χ1v) is 7.17. The average molecular weight is 335 g/mol. The summed E-state index contributed by atoms with van der Waals surface area (Å²) in [5.41, 5.74) is 2.55. The molecule has 0 saturated carbocycles. The summed E-state index contributed by atoms with van der Waals surface area (Å²) in [6, 6.07) is 4.21. The molecule has 0 saturated heterocycles. The Morgan fingerprint density at radius 2 is 2.39 bits per heavy atom. The van der Waals surface area contributed by atoms with Crippen molar-refractivity contribution < 1.29 is 9.84 Å². The van der Waals surface area contributed by atoms with E-state index in [2.05, 4.69) is 21.2 Å². The number of aliphatic hydroxyl groups is 1. The van der Waals surface area contributed by atoms with Crippen LogP contribution in [0.2, 0.25) is 5.02 Å². The van der Waals surface area contributed by atoms with Crippen molar-refractivity contribution in [1.82, 2.24) is 5.32 Å². The Morgan fingerprint density at radius 3 is 3.11 bits per heavy atom. The number of ether oxygens (including phenoxy) is 1. The molecule has 18 heavy (non-hydrogen) atoms. The maximum Gasteiger partial charge on any atom is 0.0897 e. The average Bonchev–Trinajstić information content (AvgIpc) is 2.70. The van der Waals surface area contributed by atoms with Crippen molar-refractivity contribution in [3.8, 4) is 0 Å². The lowest BCUT2D eigenvalue weighted by Gasteiger charge is -2.17. The highest BCUT2D eigenvalue weighted by atomic mass is 79.9. The van der Waals surface area contributed by atoms with Gasteiger partial charge in [0.15, 0.2) is 0 Å². The number of hydrogen-bond acceptors (Lipinski definition) is 3. The van der Waals surface area contributed by atoms with Crippen LogP contribution in [0.5, 0.6) is 0 Å². The molecule has 0 heterocycles. The second-order valence-corrected chi connectivity index (χ2v) is 5.85. The van der Waals surface area contributed by atoms with Crippen molar-refractivity contribution in [1.29, 1.82) is 0 Å². The van der Waals surface area contributed by atoms with Gasteiger partial charge in [-0.2, -0.15) is 0 Å². The molecule has 2 unspecified atom stereocenters. The third-order valence-electron chi connectivity index (χ3n) is 3.21. The molecule has 2 atom stereocenters. The predicted octanol–water partition coefficient (Wildman–Crippen LogP) is 2.69. The Bertz CT molecular complexity index is 428. The smallest absolute Gasteiger partial charge is 0.0897 e. The molecule has 1 aliphatic carbocycles. The molecule has 0 radical (unpaired) electrons. The number of rotatable bonds is 5. The standard InChI is InChI=1S/C13H17BrClNO2/c1-18-7-9(17)6-16-13-3-2-10-11(13)4-8(15)5-12(10)14/h4-5,9,13,16-17H,2-3,6-7H2,1H3. The van der Waals surface area contributed by atoms with E-state index in [4.69, 9.17) is 16.3 Å². The van der Waals surface area contributed by atoms with Gasteiger partial charge >= 0.3 is 0 Å². The molecule has 0 fully saturated rings. The minimum Gasteiger partial charge on any atom is -0.389 e. The van der Waals surface area contributed by atoms with Crippen LogP contribution in [0.25, 0.3) is 0 Å². The van der Waals surface area contributed by atoms with E-state index in [1.807, 2.05) is 12.1 Å². The molecule has 1 aromatic rings. The molecule has 0 spiro atoms. The number of fused-ring (bicyclic) bond motifs is 1. The molecule has 2 N–H and O–H groups in total. The first kappa shape index (κ1) is 14.3. The number of hydrogen-bond donors (Lipinski definition) is 2. The molecule has 2 rings (SSSR count). The molecule has 0 amide bonds. The highest BCUT2D eigenvalue weighted by Crippen LogP contribution is 2.37. The van der Waals surface area contributed by atoms with Gasteiger partial charge in [0.05, 0.1) is 12.7 Å². The van der Waals surface area contributed by atoms with Crippen molar-refractivity contribution >= 4 is 27.5 Å². The summed E-state index contributed by atoms with van der Waals surface area (Å²) in [5, 5.41) is 13.8. The maximum absolute atomic E-state index is 9.64. The van der Waals surface area contributed by atoms with Crippen LogP contribution in [0.1, 0.15) is 23.6 Å². The van der Waals surface area contributed by atoms with E-state index in [0.29, 0.717) is 13.2 Å². The van der Waals surface area contributed by atoms with Gasteiger partial charge in [-0.3, -0.25) is 0 Å². The van der Waals surface area contributed by atoms with Crippen LogP contribution in [0.15, 0.2) is 16.6 Å².